The van der Waals surface area contributed by atoms with Crippen LogP contribution in [-0.2, 0) is 15.5 Å². The molecule has 1 aromatic rings. The average Bonchev–Trinajstić information content (AvgIpc) is 2.37. The van der Waals surface area contributed by atoms with Crippen molar-refractivity contribution in [2.45, 2.75) is 31.1 Å². The molecule has 0 saturated carbocycles. The monoisotopic (exact) mass is 263 g/mol. The van der Waals surface area contributed by atoms with Crippen molar-refractivity contribution in [3.8, 4) is 0 Å². The van der Waals surface area contributed by atoms with E-state index in [0.29, 0.717) is 0 Å². The van der Waals surface area contributed by atoms with E-state index in [9.17, 15) is 8.42 Å². The maximum atomic E-state index is 11.0. The molecule has 1 aliphatic rings. The standard InChI is InChI=1S/C11H13NO3S.Na.H/c1-7-11(2,3)9-6-8(16(13,14)15)4-5-10(9)12-7;;/h4-6H,1-3H3,(H,13,14,15);;/q;+1;-1. The molecule has 0 fully saturated rings. The predicted octanol–water partition coefficient (Wildman–Crippen LogP) is -0.567. The molecule has 1 N–H and O–H groups in total. The third-order valence-electron chi connectivity index (χ3n) is 3.13. The molecular formula is C11H14NNaO3S. The largest absolute Gasteiger partial charge is 1.00 e. The number of rotatable bonds is 1. The SMILES string of the molecule is CC1=Nc2ccc(S(=O)(=O)O)cc2C1(C)C.[H-].[Na+]. The molecular weight excluding hydrogens is 249 g/mol. The first-order valence-electron chi connectivity index (χ1n) is 4.91. The van der Waals surface area contributed by atoms with Crippen LogP contribution in [0.1, 0.15) is 27.8 Å². The summed E-state index contributed by atoms with van der Waals surface area (Å²) in [5, 5.41) is 0. The van der Waals surface area contributed by atoms with Gasteiger partial charge < -0.3 is 1.43 Å². The van der Waals surface area contributed by atoms with Gasteiger partial charge in [0.25, 0.3) is 10.1 Å². The van der Waals surface area contributed by atoms with Gasteiger partial charge in [0.2, 0.25) is 0 Å². The van der Waals surface area contributed by atoms with Gasteiger partial charge >= 0.3 is 29.6 Å². The topological polar surface area (TPSA) is 66.7 Å². The Hall–Kier alpha value is -0.200. The molecule has 0 unspecified atom stereocenters. The minimum absolute atomic E-state index is 0. The van der Waals surface area contributed by atoms with E-state index in [1.54, 1.807) is 6.07 Å². The van der Waals surface area contributed by atoms with Gasteiger partial charge in [-0.2, -0.15) is 8.42 Å². The second-order valence-electron chi connectivity index (χ2n) is 4.48. The van der Waals surface area contributed by atoms with Crippen LogP contribution in [0.2, 0.25) is 0 Å². The normalized spacial score (nSPS) is 17.1. The molecule has 0 bridgehead atoms. The van der Waals surface area contributed by atoms with Gasteiger partial charge in [0, 0.05) is 11.1 Å². The van der Waals surface area contributed by atoms with Gasteiger partial charge in [0.15, 0.2) is 0 Å². The Kier molecular flexibility index (Phi) is 3.91. The number of hydrogen-bond acceptors (Lipinski definition) is 3. The van der Waals surface area contributed by atoms with Crippen molar-refractivity contribution in [2.24, 2.45) is 4.99 Å². The summed E-state index contributed by atoms with van der Waals surface area (Å²) in [5.74, 6) is 0. The smallest absolute Gasteiger partial charge is 1.00 e. The molecule has 0 saturated heterocycles. The van der Waals surface area contributed by atoms with Gasteiger partial charge in [0.05, 0.1) is 10.6 Å². The summed E-state index contributed by atoms with van der Waals surface area (Å²) in [7, 11) is -4.14. The molecule has 1 heterocycles. The van der Waals surface area contributed by atoms with Crippen molar-refractivity contribution < 1.29 is 44.0 Å². The van der Waals surface area contributed by atoms with Gasteiger partial charge in [-0.15, -0.1) is 0 Å². The molecule has 2 rings (SSSR count). The van der Waals surface area contributed by atoms with Gasteiger partial charge in [-0.3, -0.25) is 9.55 Å². The summed E-state index contributed by atoms with van der Waals surface area (Å²) in [6, 6.07) is 4.48. The van der Waals surface area contributed by atoms with E-state index in [1.165, 1.54) is 12.1 Å². The van der Waals surface area contributed by atoms with Crippen LogP contribution in [0.5, 0.6) is 0 Å². The van der Waals surface area contributed by atoms with Crippen molar-refractivity contribution >= 4 is 21.5 Å². The summed E-state index contributed by atoms with van der Waals surface area (Å²) in [4.78, 5) is 4.29. The predicted molar refractivity (Wildman–Crippen MR) is 63.2 cm³/mol. The minimum Gasteiger partial charge on any atom is -1.00 e. The summed E-state index contributed by atoms with van der Waals surface area (Å²) in [6.45, 7) is 5.87. The van der Waals surface area contributed by atoms with Crippen molar-refractivity contribution in [1.82, 2.24) is 0 Å². The molecule has 0 amide bonds. The van der Waals surface area contributed by atoms with Crippen LogP contribution in [0.4, 0.5) is 5.69 Å². The Bertz CT molecular complexity index is 596. The van der Waals surface area contributed by atoms with Crippen LogP contribution in [0.15, 0.2) is 28.1 Å². The van der Waals surface area contributed by atoms with Crippen LogP contribution in [0, 0.1) is 0 Å². The molecule has 0 radical (unpaired) electrons. The zero-order valence-corrected chi connectivity index (χ0v) is 13.2. The van der Waals surface area contributed by atoms with Gasteiger partial charge in [-0.1, -0.05) is 13.8 Å². The van der Waals surface area contributed by atoms with E-state index >= 15 is 0 Å². The molecule has 17 heavy (non-hydrogen) atoms. The molecule has 6 heteroatoms. The zero-order valence-electron chi connectivity index (χ0n) is 11.4. The molecule has 0 aliphatic carbocycles. The number of benzene rings is 1. The van der Waals surface area contributed by atoms with Crippen LogP contribution < -0.4 is 29.6 Å². The summed E-state index contributed by atoms with van der Waals surface area (Å²) in [5.41, 5.74) is 2.26. The Morgan fingerprint density at radius 1 is 1.35 bits per heavy atom. The fraction of sp³-hybridized carbons (Fsp3) is 0.364. The van der Waals surface area contributed by atoms with E-state index in [4.69, 9.17) is 4.55 Å². The van der Waals surface area contributed by atoms with Gasteiger partial charge in [-0.25, -0.2) is 0 Å². The van der Waals surface area contributed by atoms with E-state index in [-0.39, 0.29) is 41.3 Å². The van der Waals surface area contributed by atoms with Crippen molar-refractivity contribution in [3.63, 3.8) is 0 Å². The number of nitrogens with zero attached hydrogens (tertiary/aromatic N) is 1. The summed E-state index contributed by atoms with van der Waals surface area (Å²) in [6.07, 6.45) is 0. The fourth-order valence-corrected chi connectivity index (χ4v) is 2.30. The minimum atomic E-state index is -4.14. The van der Waals surface area contributed by atoms with Crippen LogP contribution in [0.25, 0.3) is 0 Å². The maximum Gasteiger partial charge on any atom is 1.00 e. The van der Waals surface area contributed by atoms with Crippen molar-refractivity contribution in [1.29, 1.82) is 0 Å². The average molecular weight is 263 g/mol. The molecule has 0 spiro atoms. The number of aliphatic imine (C=N–C) groups is 1. The van der Waals surface area contributed by atoms with Gasteiger partial charge in [-0.05, 0) is 30.7 Å². The van der Waals surface area contributed by atoms with E-state index < -0.39 is 10.1 Å². The van der Waals surface area contributed by atoms with Gasteiger partial charge in [0.1, 0.15) is 0 Å². The van der Waals surface area contributed by atoms with E-state index in [1.807, 2.05) is 20.8 Å². The molecule has 4 nitrogen and oxygen atoms in total. The number of fused-ring (bicyclic) bond motifs is 1. The number of hydrogen-bond donors (Lipinski definition) is 1. The van der Waals surface area contributed by atoms with Crippen LogP contribution in [-0.4, -0.2) is 18.7 Å². The molecule has 1 aliphatic heterocycles. The Labute approximate surface area is 125 Å². The quantitative estimate of drug-likeness (QED) is 0.545. The van der Waals surface area contributed by atoms with Crippen LogP contribution >= 0.6 is 0 Å². The first-order valence-corrected chi connectivity index (χ1v) is 6.35. The van der Waals surface area contributed by atoms with Crippen molar-refractivity contribution in [2.75, 3.05) is 0 Å². The zero-order chi connectivity index (χ0) is 12.1. The third kappa shape index (κ3) is 2.48. The first-order chi connectivity index (χ1) is 7.23. The van der Waals surface area contributed by atoms with E-state index in [2.05, 4.69) is 4.99 Å². The maximum absolute atomic E-state index is 11.0. The second-order valence-corrected chi connectivity index (χ2v) is 5.90. The molecule has 0 aromatic heterocycles. The first kappa shape index (κ1) is 14.9. The fourth-order valence-electron chi connectivity index (χ4n) is 1.79. The second kappa shape index (κ2) is 4.48. The van der Waals surface area contributed by atoms with E-state index in [0.717, 1.165) is 17.0 Å². The van der Waals surface area contributed by atoms with Crippen LogP contribution in [0.3, 0.4) is 0 Å². The Morgan fingerprint density at radius 3 is 2.47 bits per heavy atom. The third-order valence-corrected chi connectivity index (χ3v) is 3.98. The Morgan fingerprint density at radius 2 is 1.94 bits per heavy atom. The summed E-state index contributed by atoms with van der Waals surface area (Å²) < 4.78 is 31.1. The summed E-state index contributed by atoms with van der Waals surface area (Å²) >= 11 is 0. The molecule has 0 atom stereocenters. The molecule has 1 aromatic carbocycles. The molecule has 88 valence electrons. The van der Waals surface area contributed by atoms with Crippen molar-refractivity contribution in [3.05, 3.63) is 23.8 Å². The Balaban J connectivity index is 0.00000144.